The Balaban J connectivity index is 1.36. The fourth-order valence-corrected chi connectivity index (χ4v) is 5.99. The minimum Gasteiger partial charge on any atom is -0.381 e. The monoisotopic (exact) mass is 426 g/mol. The van der Waals surface area contributed by atoms with Crippen molar-refractivity contribution < 1.29 is 14.3 Å². The predicted molar refractivity (Wildman–Crippen MR) is 117 cm³/mol. The lowest BCUT2D eigenvalue weighted by atomic mass is 9.94. The Bertz CT molecular complexity index is 802. The maximum atomic E-state index is 13.7. The summed E-state index contributed by atoms with van der Waals surface area (Å²) in [4.78, 5) is 35.7. The molecule has 0 radical (unpaired) electrons. The number of piperazine rings is 1. The van der Waals surface area contributed by atoms with Gasteiger partial charge in [-0.25, -0.2) is 0 Å². The number of carbonyl (C=O) groups excluding carboxylic acids is 2. The van der Waals surface area contributed by atoms with Crippen LogP contribution in [0, 0.1) is 5.92 Å². The Morgan fingerprint density at radius 1 is 1.06 bits per heavy atom. The third-order valence-electron chi connectivity index (χ3n) is 7.83. The van der Waals surface area contributed by atoms with E-state index in [9.17, 15) is 9.59 Å². The molecule has 31 heavy (non-hydrogen) atoms. The quantitative estimate of drug-likeness (QED) is 0.731. The van der Waals surface area contributed by atoms with Crippen LogP contribution in [0.5, 0.6) is 0 Å². The standard InChI is InChI=1S/C24H34N4O3/c1-25-11-7-20(8-12-25)22(29)26-13-14-27-21(18-26)23(30)28(17-19-5-3-2-4-6-19)24(27)9-15-31-16-10-24/h2-6,20-21H,7-18H2,1H3/t21-/m1/s1. The van der Waals surface area contributed by atoms with Gasteiger partial charge in [-0.1, -0.05) is 30.3 Å². The maximum absolute atomic E-state index is 13.7. The second-order valence-electron chi connectivity index (χ2n) is 9.58. The van der Waals surface area contributed by atoms with Gasteiger partial charge >= 0.3 is 0 Å². The first-order valence-electron chi connectivity index (χ1n) is 11.8. The van der Waals surface area contributed by atoms with E-state index in [4.69, 9.17) is 4.74 Å². The molecule has 0 N–H and O–H groups in total. The summed E-state index contributed by atoms with van der Waals surface area (Å²) >= 11 is 0. The van der Waals surface area contributed by atoms with Gasteiger partial charge < -0.3 is 19.4 Å². The third kappa shape index (κ3) is 3.77. The molecule has 0 bridgehead atoms. The number of piperidine rings is 1. The van der Waals surface area contributed by atoms with Crippen LogP contribution in [0.1, 0.15) is 31.2 Å². The smallest absolute Gasteiger partial charge is 0.243 e. The van der Waals surface area contributed by atoms with Crippen molar-refractivity contribution in [3.05, 3.63) is 35.9 Å². The topological polar surface area (TPSA) is 56.3 Å². The average molecular weight is 427 g/mol. The van der Waals surface area contributed by atoms with E-state index in [1.807, 2.05) is 23.1 Å². The molecular formula is C24H34N4O3. The zero-order valence-corrected chi connectivity index (χ0v) is 18.5. The third-order valence-corrected chi connectivity index (χ3v) is 7.83. The molecule has 4 aliphatic heterocycles. The highest BCUT2D eigenvalue weighted by atomic mass is 16.5. The highest BCUT2D eigenvalue weighted by molar-refractivity contribution is 5.87. The minimum atomic E-state index is -0.279. The van der Waals surface area contributed by atoms with Crippen LogP contribution in [-0.4, -0.2) is 96.1 Å². The van der Waals surface area contributed by atoms with Crippen LogP contribution >= 0.6 is 0 Å². The molecule has 7 heteroatoms. The summed E-state index contributed by atoms with van der Waals surface area (Å²) in [5, 5.41) is 0. The van der Waals surface area contributed by atoms with E-state index >= 15 is 0 Å². The summed E-state index contributed by atoms with van der Waals surface area (Å²) in [7, 11) is 2.12. The fourth-order valence-electron chi connectivity index (χ4n) is 5.99. The van der Waals surface area contributed by atoms with Crippen molar-refractivity contribution in [2.75, 3.05) is 53.0 Å². The summed E-state index contributed by atoms with van der Waals surface area (Å²) in [5.74, 6) is 0.534. The number of carbonyl (C=O) groups is 2. The number of amides is 2. The summed E-state index contributed by atoms with van der Waals surface area (Å²) in [5.41, 5.74) is 0.874. The van der Waals surface area contributed by atoms with Crippen molar-refractivity contribution in [2.45, 2.75) is 43.9 Å². The van der Waals surface area contributed by atoms with E-state index in [-0.39, 0.29) is 29.4 Å². The molecule has 4 aliphatic rings. The molecule has 1 aromatic rings. The van der Waals surface area contributed by atoms with E-state index in [0.717, 1.165) is 57.4 Å². The molecule has 1 atom stereocenters. The minimum absolute atomic E-state index is 0.108. The van der Waals surface area contributed by atoms with Gasteiger partial charge in [-0.3, -0.25) is 14.5 Å². The highest BCUT2D eigenvalue weighted by Gasteiger charge is 2.58. The molecule has 4 heterocycles. The molecule has 1 aromatic carbocycles. The number of nitrogens with zero attached hydrogens (tertiary/aromatic N) is 4. The van der Waals surface area contributed by atoms with Gasteiger partial charge in [0.2, 0.25) is 11.8 Å². The van der Waals surface area contributed by atoms with Gasteiger partial charge in [-0.05, 0) is 38.5 Å². The van der Waals surface area contributed by atoms with Gasteiger partial charge in [0.25, 0.3) is 0 Å². The van der Waals surface area contributed by atoms with Crippen molar-refractivity contribution in [3.63, 3.8) is 0 Å². The number of hydrogen-bond donors (Lipinski definition) is 0. The molecule has 0 aliphatic carbocycles. The van der Waals surface area contributed by atoms with Crippen LogP contribution in [0.3, 0.4) is 0 Å². The maximum Gasteiger partial charge on any atom is 0.243 e. The van der Waals surface area contributed by atoms with Crippen molar-refractivity contribution in [1.29, 1.82) is 0 Å². The molecule has 0 saturated carbocycles. The van der Waals surface area contributed by atoms with E-state index < -0.39 is 0 Å². The van der Waals surface area contributed by atoms with Crippen molar-refractivity contribution in [1.82, 2.24) is 19.6 Å². The molecule has 0 aromatic heterocycles. The first kappa shape index (κ1) is 20.9. The van der Waals surface area contributed by atoms with Crippen molar-refractivity contribution >= 4 is 11.8 Å². The number of fused-ring (bicyclic) bond motifs is 2. The number of likely N-dealkylation sites (tertiary alicyclic amines) is 1. The van der Waals surface area contributed by atoms with E-state index in [0.29, 0.717) is 26.3 Å². The number of ether oxygens (including phenoxy) is 1. The van der Waals surface area contributed by atoms with E-state index in [2.05, 4.69) is 33.9 Å². The van der Waals surface area contributed by atoms with E-state index in [1.54, 1.807) is 0 Å². The van der Waals surface area contributed by atoms with Gasteiger partial charge in [-0.2, -0.15) is 0 Å². The Morgan fingerprint density at radius 3 is 2.48 bits per heavy atom. The zero-order chi connectivity index (χ0) is 21.4. The van der Waals surface area contributed by atoms with Crippen LogP contribution in [0.4, 0.5) is 0 Å². The molecule has 168 valence electrons. The molecule has 4 saturated heterocycles. The number of hydrogen-bond acceptors (Lipinski definition) is 5. The average Bonchev–Trinajstić information content (AvgIpc) is 3.02. The summed E-state index contributed by atoms with van der Waals surface area (Å²) < 4.78 is 5.68. The van der Waals surface area contributed by atoms with Crippen molar-refractivity contribution in [3.8, 4) is 0 Å². The lowest BCUT2D eigenvalue weighted by molar-refractivity contribution is -0.143. The summed E-state index contributed by atoms with van der Waals surface area (Å²) in [6, 6.07) is 10.0. The first-order valence-corrected chi connectivity index (χ1v) is 11.8. The zero-order valence-electron chi connectivity index (χ0n) is 18.5. The molecule has 5 rings (SSSR count). The molecule has 0 unspecified atom stereocenters. The van der Waals surface area contributed by atoms with Gasteiger partial charge in [0, 0.05) is 44.9 Å². The second-order valence-corrected chi connectivity index (χ2v) is 9.58. The molecule has 2 amide bonds. The predicted octanol–water partition coefficient (Wildman–Crippen LogP) is 1.39. The van der Waals surface area contributed by atoms with Gasteiger partial charge in [0.1, 0.15) is 11.7 Å². The first-order chi connectivity index (χ1) is 15.1. The SMILES string of the molecule is CN1CCC(C(=O)N2CCN3[C@H](C2)C(=O)N(Cc2ccccc2)C32CCOCC2)CC1. The molecular weight excluding hydrogens is 392 g/mol. The van der Waals surface area contributed by atoms with Gasteiger partial charge in [0.15, 0.2) is 0 Å². The lowest BCUT2D eigenvalue weighted by Crippen LogP contribution is -2.62. The van der Waals surface area contributed by atoms with Crippen LogP contribution in [0.15, 0.2) is 30.3 Å². The van der Waals surface area contributed by atoms with Crippen LogP contribution in [0.25, 0.3) is 0 Å². The van der Waals surface area contributed by atoms with Crippen LogP contribution in [0.2, 0.25) is 0 Å². The van der Waals surface area contributed by atoms with Gasteiger partial charge in [0.05, 0.1) is 13.2 Å². The Kier molecular flexibility index (Phi) is 5.75. The van der Waals surface area contributed by atoms with Crippen LogP contribution < -0.4 is 0 Å². The van der Waals surface area contributed by atoms with Crippen LogP contribution in [-0.2, 0) is 20.9 Å². The lowest BCUT2D eigenvalue weighted by Gasteiger charge is -2.49. The second kappa shape index (κ2) is 8.52. The van der Waals surface area contributed by atoms with Gasteiger partial charge in [-0.15, -0.1) is 0 Å². The largest absolute Gasteiger partial charge is 0.381 e. The Hall–Kier alpha value is -1.96. The van der Waals surface area contributed by atoms with Crippen molar-refractivity contribution in [2.24, 2.45) is 5.92 Å². The highest BCUT2D eigenvalue weighted by Crippen LogP contribution is 2.42. The number of benzene rings is 1. The number of rotatable bonds is 3. The van der Waals surface area contributed by atoms with E-state index in [1.165, 1.54) is 0 Å². The molecule has 4 fully saturated rings. The summed E-state index contributed by atoms with van der Waals surface area (Å²) in [6.07, 6.45) is 3.53. The normalized spacial score (nSPS) is 27.6. The Morgan fingerprint density at radius 2 is 1.77 bits per heavy atom. The Labute approximate surface area is 184 Å². The fraction of sp³-hybridized carbons (Fsp3) is 0.667. The molecule has 7 nitrogen and oxygen atoms in total. The summed E-state index contributed by atoms with van der Waals surface area (Å²) in [6.45, 7) is 5.95. The molecule has 1 spiro atoms.